The molecule has 1 saturated heterocycles. The maximum Gasteiger partial charge on any atom is 0.244 e. The van der Waals surface area contributed by atoms with Crippen molar-refractivity contribution in [2.45, 2.75) is 18.9 Å². The summed E-state index contributed by atoms with van der Waals surface area (Å²) in [5, 5.41) is 7.38. The Morgan fingerprint density at radius 2 is 2.37 bits per heavy atom. The van der Waals surface area contributed by atoms with Crippen LogP contribution in [0.25, 0.3) is 11.4 Å². The molecule has 1 N–H and O–H groups in total. The number of aromatic nitrogens is 2. The molecule has 0 spiro atoms. The molecule has 0 unspecified atom stereocenters. The molecule has 100 valence electrons. The highest BCUT2D eigenvalue weighted by Gasteiger charge is 2.22. The largest absolute Gasteiger partial charge is 0.496 e. The number of rotatable bonds is 3. The van der Waals surface area contributed by atoms with E-state index >= 15 is 0 Å². The second kappa shape index (κ2) is 5.30. The van der Waals surface area contributed by atoms with Crippen LogP contribution in [0.3, 0.4) is 0 Å². The summed E-state index contributed by atoms with van der Waals surface area (Å²) in [5.41, 5.74) is 0.903. The van der Waals surface area contributed by atoms with E-state index in [-0.39, 0.29) is 6.04 Å². The van der Waals surface area contributed by atoms with Crippen molar-refractivity contribution in [3.05, 3.63) is 28.6 Å². The lowest BCUT2D eigenvalue weighted by Gasteiger charge is -2.03. The molecule has 0 saturated carbocycles. The summed E-state index contributed by atoms with van der Waals surface area (Å²) >= 11 is 3.45. The van der Waals surface area contributed by atoms with E-state index in [1.807, 2.05) is 18.2 Å². The fourth-order valence-electron chi connectivity index (χ4n) is 2.19. The van der Waals surface area contributed by atoms with Gasteiger partial charge in [0.25, 0.3) is 0 Å². The monoisotopic (exact) mass is 323 g/mol. The van der Waals surface area contributed by atoms with Crippen LogP contribution in [0, 0.1) is 0 Å². The van der Waals surface area contributed by atoms with Crippen molar-refractivity contribution in [1.82, 2.24) is 15.5 Å². The van der Waals surface area contributed by atoms with Crippen LogP contribution < -0.4 is 10.1 Å². The first-order valence-electron chi connectivity index (χ1n) is 6.19. The number of methoxy groups -OCH3 is 1. The van der Waals surface area contributed by atoms with Gasteiger partial charge in [-0.15, -0.1) is 0 Å². The van der Waals surface area contributed by atoms with Gasteiger partial charge in [0.15, 0.2) is 0 Å². The summed E-state index contributed by atoms with van der Waals surface area (Å²) in [5.74, 6) is 2.05. The Kier molecular flexibility index (Phi) is 3.52. The van der Waals surface area contributed by atoms with Gasteiger partial charge in [0.05, 0.1) is 17.6 Å². The van der Waals surface area contributed by atoms with E-state index in [1.54, 1.807) is 7.11 Å². The van der Waals surface area contributed by atoms with Gasteiger partial charge in [-0.2, -0.15) is 4.98 Å². The molecule has 6 heteroatoms. The summed E-state index contributed by atoms with van der Waals surface area (Å²) < 4.78 is 11.4. The lowest BCUT2D eigenvalue weighted by molar-refractivity contribution is 0.345. The molecular weight excluding hydrogens is 310 g/mol. The molecule has 1 aliphatic rings. The van der Waals surface area contributed by atoms with Crippen LogP contribution in [0.5, 0.6) is 5.75 Å². The molecular formula is C13H14BrN3O2. The fourth-order valence-corrected chi connectivity index (χ4v) is 2.74. The summed E-state index contributed by atoms with van der Waals surface area (Å²) in [6.45, 7) is 1.01. The zero-order valence-corrected chi connectivity index (χ0v) is 12.1. The van der Waals surface area contributed by atoms with E-state index in [4.69, 9.17) is 9.26 Å². The van der Waals surface area contributed by atoms with Crippen molar-refractivity contribution in [2.75, 3.05) is 13.7 Å². The van der Waals surface area contributed by atoms with E-state index in [0.29, 0.717) is 11.7 Å². The Bertz CT molecular complexity index is 579. The number of ether oxygens (including phenoxy) is 1. The molecule has 1 atom stereocenters. The van der Waals surface area contributed by atoms with Gasteiger partial charge >= 0.3 is 0 Å². The number of nitrogens with one attached hydrogen (secondary N) is 1. The molecule has 1 aliphatic heterocycles. The molecule has 0 bridgehead atoms. The van der Waals surface area contributed by atoms with Gasteiger partial charge in [0.2, 0.25) is 11.7 Å². The Hall–Kier alpha value is -1.40. The molecule has 3 rings (SSSR count). The molecule has 19 heavy (non-hydrogen) atoms. The van der Waals surface area contributed by atoms with E-state index in [9.17, 15) is 0 Å². The molecule has 1 aromatic carbocycles. The van der Waals surface area contributed by atoms with E-state index in [2.05, 4.69) is 31.4 Å². The van der Waals surface area contributed by atoms with Gasteiger partial charge < -0.3 is 14.6 Å². The minimum atomic E-state index is 0.197. The summed E-state index contributed by atoms with van der Waals surface area (Å²) in [7, 11) is 1.64. The highest BCUT2D eigenvalue weighted by atomic mass is 79.9. The highest BCUT2D eigenvalue weighted by molar-refractivity contribution is 9.10. The van der Waals surface area contributed by atoms with Crippen molar-refractivity contribution in [2.24, 2.45) is 0 Å². The average Bonchev–Trinajstić information content (AvgIpc) is 3.09. The van der Waals surface area contributed by atoms with Gasteiger partial charge in [0.1, 0.15) is 5.75 Å². The van der Waals surface area contributed by atoms with Crippen LogP contribution in [0.2, 0.25) is 0 Å². The first-order valence-corrected chi connectivity index (χ1v) is 6.98. The molecule has 5 nitrogen and oxygen atoms in total. The average molecular weight is 324 g/mol. The molecule has 1 aromatic heterocycles. The van der Waals surface area contributed by atoms with Crippen LogP contribution in [-0.2, 0) is 0 Å². The lowest BCUT2D eigenvalue weighted by atomic mass is 10.2. The molecule has 2 aromatic rings. The van der Waals surface area contributed by atoms with Crippen LogP contribution >= 0.6 is 15.9 Å². The van der Waals surface area contributed by atoms with E-state index in [1.165, 1.54) is 0 Å². The van der Waals surface area contributed by atoms with Crippen LogP contribution in [0.4, 0.5) is 0 Å². The first-order chi connectivity index (χ1) is 9.28. The smallest absolute Gasteiger partial charge is 0.244 e. The normalized spacial score (nSPS) is 18.7. The van der Waals surface area contributed by atoms with Gasteiger partial charge in [0, 0.05) is 5.56 Å². The zero-order valence-electron chi connectivity index (χ0n) is 10.5. The van der Waals surface area contributed by atoms with Gasteiger partial charge in [-0.3, -0.25) is 0 Å². The van der Waals surface area contributed by atoms with Crippen molar-refractivity contribution in [3.8, 4) is 17.1 Å². The van der Waals surface area contributed by atoms with E-state index in [0.717, 1.165) is 35.2 Å². The second-order valence-electron chi connectivity index (χ2n) is 4.45. The SMILES string of the molecule is COc1ccc(-c2noc([C@H]3CCCN3)n2)cc1Br. The molecule has 1 fully saturated rings. The Morgan fingerprint density at radius 1 is 1.47 bits per heavy atom. The standard InChI is InChI=1S/C13H14BrN3O2/c1-18-11-5-4-8(7-9(11)14)12-16-13(19-17-12)10-3-2-6-15-10/h4-5,7,10,15H,2-3,6H2,1H3/t10-/m1/s1. The lowest BCUT2D eigenvalue weighted by Crippen LogP contribution is -2.12. The minimum absolute atomic E-state index is 0.197. The van der Waals surface area contributed by atoms with Crippen LogP contribution in [0.15, 0.2) is 27.2 Å². The quantitative estimate of drug-likeness (QED) is 0.941. The van der Waals surface area contributed by atoms with Crippen molar-refractivity contribution in [3.63, 3.8) is 0 Å². The van der Waals surface area contributed by atoms with Crippen molar-refractivity contribution < 1.29 is 9.26 Å². The molecule has 0 amide bonds. The summed E-state index contributed by atoms with van der Waals surface area (Å²) in [4.78, 5) is 4.46. The van der Waals surface area contributed by atoms with Crippen molar-refractivity contribution >= 4 is 15.9 Å². The zero-order chi connectivity index (χ0) is 13.2. The van der Waals surface area contributed by atoms with Gasteiger partial charge in [-0.05, 0) is 53.5 Å². The predicted octanol–water partition coefficient (Wildman–Crippen LogP) is 2.93. The third kappa shape index (κ3) is 2.50. The first kappa shape index (κ1) is 12.6. The predicted molar refractivity (Wildman–Crippen MR) is 74.0 cm³/mol. The third-order valence-corrected chi connectivity index (χ3v) is 3.83. The topological polar surface area (TPSA) is 60.2 Å². The number of nitrogens with zero attached hydrogens (tertiary/aromatic N) is 2. The minimum Gasteiger partial charge on any atom is -0.496 e. The second-order valence-corrected chi connectivity index (χ2v) is 5.31. The third-order valence-electron chi connectivity index (χ3n) is 3.21. The highest BCUT2D eigenvalue weighted by Crippen LogP contribution is 2.30. The van der Waals surface area contributed by atoms with E-state index < -0.39 is 0 Å². The fraction of sp³-hybridized carbons (Fsp3) is 0.385. The van der Waals surface area contributed by atoms with Gasteiger partial charge in [-0.1, -0.05) is 5.16 Å². The number of benzene rings is 1. The Morgan fingerprint density at radius 3 is 3.05 bits per heavy atom. The number of hydrogen-bond donors (Lipinski definition) is 1. The maximum atomic E-state index is 5.33. The van der Waals surface area contributed by atoms with Gasteiger partial charge in [-0.25, -0.2) is 0 Å². The Balaban J connectivity index is 1.87. The maximum absolute atomic E-state index is 5.33. The van der Waals surface area contributed by atoms with Crippen LogP contribution in [0.1, 0.15) is 24.8 Å². The molecule has 0 radical (unpaired) electrons. The number of halogens is 1. The van der Waals surface area contributed by atoms with Crippen LogP contribution in [-0.4, -0.2) is 23.8 Å². The summed E-state index contributed by atoms with van der Waals surface area (Å²) in [6.07, 6.45) is 2.20. The number of hydrogen-bond acceptors (Lipinski definition) is 5. The summed E-state index contributed by atoms with van der Waals surface area (Å²) in [6, 6.07) is 5.92. The molecule has 0 aliphatic carbocycles. The molecule has 2 heterocycles. The Labute approximate surface area is 119 Å². The van der Waals surface area contributed by atoms with Crippen molar-refractivity contribution in [1.29, 1.82) is 0 Å².